The number of hydroxylamine groups is 1. The zero-order valence-electron chi connectivity index (χ0n) is 29.8. The number of carboxylic acid groups (broad SMARTS) is 4. The van der Waals surface area contributed by atoms with E-state index < -0.39 is 36.3 Å². The Hall–Kier alpha value is -5.60. The molecule has 0 aromatic carbocycles. The van der Waals surface area contributed by atoms with Gasteiger partial charge in [0.25, 0.3) is 0 Å². The highest BCUT2D eigenvalue weighted by molar-refractivity contribution is 5.97. The Morgan fingerprint density at radius 3 is 2.23 bits per heavy atom. The lowest BCUT2D eigenvalue weighted by Crippen LogP contribution is -2.38. The summed E-state index contributed by atoms with van der Waals surface area (Å²) >= 11 is 0. The Labute approximate surface area is 299 Å². The van der Waals surface area contributed by atoms with Crippen LogP contribution in [0.2, 0.25) is 0 Å². The number of nitrogens with one attached hydrogen (secondary N) is 5. The summed E-state index contributed by atoms with van der Waals surface area (Å²) in [5.74, 6) is -5.48. The normalized spacial score (nSPS) is 17.1. The molecule has 5 rings (SSSR count). The van der Waals surface area contributed by atoms with Crippen LogP contribution in [-0.4, -0.2) is 71.9 Å². The predicted octanol–water partition coefficient (Wildman–Crippen LogP) is 3.78. The van der Waals surface area contributed by atoms with Crippen LogP contribution in [0.4, 0.5) is 0 Å². The van der Waals surface area contributed by atoms with Crippen LogP contribution in [-0.2, 0) is 25.6 Å². The van der Waals surface area contributed by atoms with E-state index in [4.69, 9.17) is 9.94 Å². The average Bonchev–Trinajstić information content (AvgIpc) is 3.75. The first-order chi connectivity index (χ1) is 24.7. The zero-order valence-corrected chi connectivity index (χ0v) is 29.8. The van der Waals surface area contributed by atoms with E-state index in [0.717, 1.165) is 50.0 Å². The second kappa shape index (κ2) is 15.3. The van der Waals surface area contributed by atoms with Gasteiger partial charge in [-0.05, 0) is 79.7 Å². The number of allylic oxidation sites excluding steroid dienone is 2. The molecule has 0 aliphatic carbocycles. The molecule has 1 saturated heterocycles. The van der Waals surface area contributed by atoms with Gasteiger partial charge in [-0.2, -0.15) is 5.48 Å². The van der Waals surface area contributed by atoms with Crippen LogP contribution in [0.3, 0.4) is 0 Å². The monoisotopic (exact) mass is 715 g/mol. The van der Waals surface area contributed by atoms with Gasteiger partial charge in [-0.1, -0.05) is 26.5 Å². The molecule has 0 saturated carbocycles. The Morgan fingerprint density at radius 1 is 0.923 bits per heavy atom. The maximum absolute atomic E-state index is 13.0. The molecule has 5 heterocycles. The number of aromatic amines is 3. The number of hydrogen-bond acceptors (Lipinski definition) is 7. The van der Waals surface area contributed by atoms with Crippen molar-refractivity contribution in [2.75, 3.05) is 6.61 Å². The van der Waals surface area contributed by atoms with Crippen molar-refractivity contribution in [2.45, 2.75) is 72.8 Å². The van der Waals surface area contributed by atoms with Crippen molar-refractivity contribution in [2.24, 2.45) is 11.8 Å². The van der Waals surface area contributed by atoms with Crippen molar-refractivity contribution in [1.82, 2.24) is 25.7 Å². The summed E-state index contributed by atoms with van der Waals surface area (Å²) < 4.78 is 0. The number of aromatic nitrogens is 3. The summed E-state index contributed by atoms with van der Waals surface area (Å²) in [5.41, 5.74) is 11.3. The maximum Gasteiger partial charge on any atom is 0.338 e. The zero-order chi connectivity index (χ0) is 38.0. The summed E-state index contributed by atoms with van der Waals surface area (Å²) in [6.07, 6.45) is 7.86. The fourth-order valence-corrected chi connectivity index (χ4v) is 7.30. The van der Waals surface area contributed by atoms with E-state index in [9.17, 15) is 34.5 Å². The van der Waals surface area contributed by atoms with E-state index in [-0.39, 0.29) is 43.3 Å². The number of carbonyl (C=O) groups is 4. The molecule has 2 aliphatic rings. The summed E-state index contributed by atoms with van der Waals surface area (Å²) in [5, 5.41) is 44.2. The number of fused-ring (bicyclic) bond motifs is 8. The lowest BCUT2D eigenvalue weighted by Gasteiger charge is -2.20. The number of carboxylic acids is 4. The molecule has 3 aromatic rings. The summed E-state index contributed by atoms with van der Waals surface area (Å²) in [6.45, 7) is 13.7. The molecule has 14 heteroatoms. The highest BCUT2D eigenvalue weighted by Gasteiger charge is 2.37. The van der Waals surface area contributed by atoms with E-state index >= 15 is 0 Å². The van der Waals surface area contributed by atoms with Gasteiger partial charge in [-0.25, -0.2) is 4.79 Å². The molecule has 0 spiro atoms. The first-order valence-electron chi connectivity index (χ1n) is 17.1. The number of aliphatic carboxylic acids is 3. The van der Waals surface area contributed by atoms with Crippen LogP contribution < -0.4 is 21.5 Å². The fraction of sp³-hybridized carbons (Fsp3) is 0.368. The quantitative estimate of drug-likeness (QED) is 0.0861. The molecule has 9 N–H and O–H groups in total. The minimum atomic E-state index is -1.52. The summed E-state index contributed by atoms with van der Waals surface area (Å²) in [7, 11) is 0. The van der Waals surface area contributed by atoms with Gasteiger partial charge in [0.15, 0.2) is 0 Å². The van der Waals surface area contributed by atoms with Gasteiger partial charge in [-0.3, -0.25) is 14.4 Å². The van der Waals surface area contributed by atoms with Gasteiger partial charge in [-0.15, -0.1) is 0 Å². The molecule has 0 radical (unpaired) electrons. The molecule has 276 valence electrons. The van der Waals surface area contributed by atoms with Crippen LogP contribution in [0, 0.1) is 32.6 Å². The second-order valence-electron chi connectivity index (χ2n) is 13.3. The van der Waals surface area contributed by atoms with E-state index in [2.05, 4.69) is 39.3 Å². The van der Waals surface area contributed by atoms with Crippen LogP contribution in [0.15, 0.2) is 18.0 Å². The van der Waals surface area contributed by atoms with Gasteiger partial charge in [0.05, 0.1) is 24.3 Å². The van der Waals surface area contributed by atoms with Crippen LogP contribution in [0.5, 0.6) is 0 Å². The van der Waals surface area contributed by atoms with Crippen molar-refractivity contribution in [3.8, 4) is 0 Å². The smallest absolute Gasteiger partial charge is 0.338 e. The molecular formula is C38H45N5O9. The molecule has 3 aromatic heterocycles. The third-order valence-corrected chi connectivity index (χ3v) is 10.2. The lowest BCUT2D eigenvalue weighted by atomic mass is 9.85. The molecule has 14 nitrogen and oxygen atoms in total. The topological polar surface area (TPSA) is 230 Å². The highest BCUT2D eigenvalue weighted by Crippen LogP contribution is 2.42. The Balaban J connectivity index is 1.79. The highest BCUT2D eigenvalue weighted by atomic mass is 16.6. The Bertz CT molecular complexity index is 2150. The maximum atomic E-state index is 13.0. The lowest BCUT2D eigenvalue weighted by molar-refractivity contribution is -0.150. The van der Waals surface area contributed by atoms with Crippen LogP contribution >= 0.6 is 0 Å². The van der Waals surface area contributed by atoms with E-state index in [0.29, 0.717) is 34.6 Å². The molecule has 2 aliphatic heterocycles. The van der Waals surface area contributed by atoms with E-state index in [1.165, 1.54) is 0 Å². The van der Waals surface area contributed by atoms with Gasteiger partial charge in [0, 0.05) is 69.4 Å². The number of aromatic carboxylic acids is 1. The van der Waals surface area contributed by atoms with Crippen molar-refractivity contribution in [1.29, 1.82) is 0 Å². The largest absolute Gasteiger partial charge is 0.481 e. The Kier molecular flexibility index (Phi) is 11.1. The third kappa shape index (κ3) is 7.39. The van der Waals surface area contributed by atoms with Crippen LogP contribution in [0.1, 0.15) is 100 Å². The van der Waals surface area contributed by atoms with Crippen molar-refractivity contribution in [3.05, 3.63) is 84.8 Å². The van der Waals surface area contributed by atoms with Gasteiger partial charge in [0.1, 0.15) is 6.04 Å². The van der Waals surface area contributed by atoms with E-state index in [1.54, 1.807) is 13.0 Å². The molecule has 0 unspecified atom stereocenters. The molecule has 1 fully saturated rings. The molecule has 8 bridgehead atoms. The van der Waals surface area contributed by atoms with Crippen molar-refractivity contribution < 1.29 is 44.4 Å². The SMILES string of the molecule is C=Cc1c2[nH]c(c1C)C=C1NC(=C(CCON[C@@H](CC(=O)O)C(=O)O)c3[nH]c(c(C)c3C(=O)O)C=c3[nH]c(c(C)c3CC)=C2)[C@@H](CCC(=O)O)[C@@H]1C. The number of rotatable bonds is 14. The van der Waals surface area contributed by atoms with Gasteiger partial charge in [0.2, 0.25) is 0 Å². The van der Waals surface area contributed by atoms with E-state index in [1.807, 2.05) is 39.0 Å². The van der Waals surface area contributed by atoms with Crippen molar-refractivity contribution >= 4 is 53.8 Å². The predicted molar refractivity (Wildman–Crippen MR) is 194 cm³/mol. The van der Waals surface area contributed by atoms with Crippen LogP contribution in [0.25, 0.3) is 29.9 Å². The first kappa shape index (κ1) is 37.7. The molecule has 0 amide bonds. The third-order valence-electron chi connectivity index (χ3n) is 10.2. The number of H-pyrrole nitrogens is 3. The second-order valence-corrected chi connectivity index (χ2v) is 13.3. The molecule has 52 heavy (non-hydrogen) atoms. The minimum Gasteiger partial charge on any atom is -0.481 e. The standard InChI is InChI=1S/C38H45N5O9/c1-7-21-17(3)25-13-27-19(5)23(9-10-32(44)45)35(41-27)24(11-12-52-43-31(37(48)49)16-33(46)47)36-34(38(50)51)20(6)28(42-36)15-30-22(8-2)18(4)26(40-30)14-29(21)39-25/h7,13-15,19,23,31,39-43H,1,8-12,16H2,2-6H3,(H,44,45)(H,46,47)(H,48,49)(H,50,51)/t19-,23-,31-/m0/s1. The fourth-order valence-electron chi connectivity index (χ4n) is 7.30. The minimum absolute atomic E-state index is 0.0253. The first-order valence-corrected chi connectivity index (χ1v) is 17.1. The number of hydrogen-bond donors (Lipinski definition) is 9. The van der Waals surface area contributed by atoms with Crippen molar-refractivity contribution in [3.63, 3.8) is 0 Å². The summed E-state index contributed by atoms with van der Waals surface area (Å²) in [4.78, 5) is 63.7. The molecular weight excluding hydrogens is 670 g/mol. The summed E-state index contributed by atoms with van der Waals surface area (Å²) in [6, 6.07) is -1.52. The van der Waals surface area contributed by atoms with Gasteiger partial charge < -0.3 is 45.5 Å². The Morgan fingerprint density at radius 2 is 1.62 bits per heavy atom. The average molecular weight is 716 g/mol. The van der Waals surface area contributed by atoms with Gasteiger partial charge >= 0.3 is 23.9 Å². The molecule has 3 atom stereocenters.